The molecule has 1 fully saturated rings. The van der Waals surface area contributed by atoms with Gasteiger partial charge in [0, 0.05) is 13.0 Å². The van der Waals surface area contributed by atoms with Crippen LogP contribution in [0, 0.1) is 5.92 Å². The van der Waals surface area contributed by atoms with Crippen molar-refractivity contribution in [2.24, 2.45) is 5.92 Å². The normalized spacial score (nSPS) is 16.8. The number of amides is 2. The molecule has 0 saturated carbocycles. The molecular formula is C19H19ClN2O3. The van der Waals surface area contributed by atoms with Gasteiger partial charge in [0.25, 0.3) is 0 Å². The second kappa shape index (κ2) is 7.57. The first kappa shape index (κ1) is 17.3. The van der Waals surface area contributed by atoms with Crippen LogP contribution in [0.5, 0.6) is 5.75 Å². The fourth-order valence-corrected chi connectivity index (χ4v) is 3.11. The summed E-state index contributed by atoms with van der Waals surface area (Å²) in [5, 5.41) is 3.37. The van der Waals surface area contributed by atoms with Gasteiger partial charge in [0.05, 0.1) is 28.9 Å². The number of benzene rings is 2. The molecule has 0 unspecified atom stereocenters. The lowest BCUT2D eigenvalue weighted by Gasteiger charge is -2.18. The van der Waals surface area contributed by atoms with Gasteiger partial charge in [-0.1, -0.05) is 35.9 Å². The topological polar surface area (TPSA) is 58.6 Å². The van der Waals surface area contributed by atoms with Crippen LogP contribution in [0.25, 0.3) is 0 Å². The summed E-state index contributed by atoms with van der Waals surface area (Å²) in [6.07, 6.45) is 0.161. The highest BCUT2D eigenvalue weighted by molar-refractivity contribution is 6.33. The second-order valence-electron chi connectivity index (χ2n) is 5.78. The van der Waals surface area contributed by atoms with Crippen molar-refractivity contribution in [2.45, 2.75) is 13.3 Å². The average Bonchev–Trinajstić information content (AvgIpc) is 2.99. The number of ether oxygens (including phenoxy) is 1. The molecule has 0 aromatic heterocycles. The number of hydrogen-bond donors (Lipinski definition) is 1. The maximum atomic E-state index is 12.6. The number of para-hydroxylation sites is 3. The van der Waals surface area contributed by atoms with E-state index in [-0.39, 0.29) is 18.2 Å². The molecule has 0 aliphatic carbocycles. The van der Waals surface area contributed by atoms with Crippen LogP contribution in [0.2, 0.25) is 5.02 Å². The Bertz CT molecular complexity index is 794. The molecule has 5 nitrogen and oxygen atoms in total. The Hall–Kier alpha value is -2.53. The smallest absolute Gasteiger partial charge is 0.229 e. The van der Waals surface area contributed by atoms with E-state index in [0.29, 0.717) is 35.3 Å². The van der Waals surface area contributed by atoms with Crippen LogP contribution in [0.4, 0.5) is 11.4 Å². The van der Waals surface area contributed by atoms with Gasteiger partial charge in [-0.2, -0.15) is 0 Å². The third kappa shape index (κ3) is 3.77. The summed E-state index contributed by atoms with van der Waals surface area (Å²) in [4.78, 5) is 26.5. The molecule has 3 rings (SSSR count). The highest BCUT2D eigenvalue weighted by Crippen LogP contribution is 2.32. The Morgan fingerprint density at radius 3 is 2.72 bits per heavy atom. The van der Waals surface area contributed by atoms with E-state index in [9.17, 15) is 9.59 Å². The summed E-state index contributed by atoms with van der Waals surface area (Å²) in [5.74, 6) is -0.120. The molecule has 2 aromatic rings. The van der Waals surface area contributed by atoms with Crippen molar-refractivity contribution < 1.29 is 14.3 Å². The van der Waals surface area contributed by atoms with Crippen molar-refractivity contribution in [3.05, 3.63) is 53.6 Å². The maximum absolute atomic E-state index is 12.6. The van der Waals surface area contributed by atoms with Gasteiger partial charge in [-0.05, 0) is 31.2 Å². The molecule has 6 heteroatoms. The number of nitrogens with one attached hydrogen (secondary N) is 1. The Labute approximate surface area is 151 Å². The number of anilines is 2. The first-order valence-corrected chi connectivity index (χ1v) is 8.55. The fraction of sp³-hybridized carbons (Fsp3) is 0.263. The largest absolute Gasteiger partial charge is 0.492 e. The van der Waals surface area contributed by atoms with E-state index in [1.165, 1.54) is 0 Å². The van der Waals surface area contributed by atoms with Crippen LogP contribution < -0.4 is 15.0 Å². The zero-order valence-corrected chi connectivity index (χ0v) is 14.6. The molecule has 1 aliphatic heterocycles. The summed E-state index contributed by atoms with van der Waals surface area (Å²) in [5.41, 5.74) is 1.25. The summed E-state index contributed by atoms with van der Waals surface area (Å²) in [6.45, 7) is 2.70. The molecular weight excluding hydrogens is 340 g/mol. The first-order chi connectivity index (χ1) is 12.1. The molecule has 1 atom stereocenters. The number of rotatable bonds is 5. The first-order valence-electron chi connectivity index (χ1n) is 8.17. The standard InChI is InChI=1S/C19H19ClN2O3/c1-2-25-17-10-6-4-8-15(17)21-19(24)13-11-18(23)22(12-13)16-9-5-3-7-14(16)20/h3-10,13H,2,11-12H2,1H3,(H,21,24)/t13-/m1/s1. The molecule has 130 valence electrons. The predicted molar refractivity (Wildman–Crippen MR) is 98.2 cm³/mol. The third-order valence-corrected chi connectivity index (χ3v) is 4.40. The minimum atomic E-state index is -0.432. The van der Waals surface area contributed by atoms with E-state index in [0.717, 1.165) is 0 Å². The van der Waals surface area contributed by atoms with E-state index in [1.54, 1.807) is 35.2 Å². The van der Waals surface area contributed by atoms with Crippen LogP contribution in [0.3, 0.4) is 0 Å². The minimum Gasteiger partial charge on any atom is -0.492 e. The quantitative estimate of drug-likeness (QED) is 0.886. The van der Waals surface area contributed by atoms with Crippen molar-refractivity contribution in [3.63, 3.8) is 0 Å². The number of carbonyl (C=O) groups excluding carboxylic acids is 2. The van der Waals surface area contributed by atoms with Crippen molar-refractivity contribution in [2.75, 3.05) is 23.4 Å². The fourth-order valence-electron chi connectivity index (χ4n) is 2.87. The van der Waals surface area contributed by atoms with Gasteiger partial charge in [-0.3, -0.25) is 9.59 Å². The van der Waals surface area contributed by atoms with Gasteiger partial charge in [0.15, 0.2) is 0 Å². The molecule has 1 heterocycles. The van der Waals surface area contributed by atoms with Crippen LogP contribution in [-0.4, -0.2) is 25.0 Å². The van der Waals surface area contributed by atoms with E-state index >= 15 is 0 Å². The zero-order valence-electron chi connectivity index (χ0n) is 13.9. The lowest BCUT2D eigenvalue weighted by atomic mass is 10.1. The SMILES string of the molecule is CCOc1ccccc1NC(=O)[C@@H]1CC(=O)N(c2ccccc2Cl)C1. The summed E-state index contributed by atoms with van der Waals surface area (Å²) in [7, 11) is 0. The predicted octanol–water partition coefficient (Wildman–Crippen LogP) is 3.73. The van der Waals surface area contributed by atoms with Crippen LogP contribution in [-0.2, 0) is 9.59 Å². The molecule has 1 N–H and O–H groups in total. The van der Waals surface area contributed by atoms with Crippen LogP contribution in [0.15, 0.2) is 48.5 Å². The summed E-state index contributed by atoms with van der Waals surface area (Å²) < 4.78 is 5.52. The minimum absolute atomic E-state index is 0.105. The molecule has 0 spiro atoms. The van der Waals surface area contributed by atoms with Crippen molar-refractivity contribution in [1.29, 1.82) is 0 Å². The molecule has 1 saturated heterocycles. The molecule has 1 aliphatic rings. The van der Waals surface area contributed by atoms with Crippen LogP contribution >= 0.6 is 11.6 Å². The monoisotopic (exact) mass is 358 g/mol. The lowest BCUT2D eigenvalue weighted by Crippen LogP contribution is -2.28. The van der Waals surface area contributed by atoms with Gasteiger partial charge >= 0.3 is 0 Å². The number of hydrogen-bond acceptors (Lipinski definition) is 3. The van der Waals surface area contributed by atoms with Gasteiger partial charge < -0.3 is 15.0 Å². The van der Waals surface area contributed by atoms with Gasteiger partial charge in [-0.25, -0.2) is 0 Å². The highest BCUT2D eigenvalue weighted by Gasteiger charge is 2.36. The molecule has 0 bridgehead atoms. The molecule has 2 aromatic carbocycles. The Balaban J connectivity index is 1.72. The van der Waals surface area contributed by atoms with Crippen molar-refractivity contribution in [3.8, 4) is 5.75 Å². The summed E-state index contributed by atoms with van der Waals surface area (Å²) in [6, 6.07) is 14.4. The molecule has 2 amide bonds. The van der Waals surface area contributed by atoms with Gasteiger partial charge in [0.2, 0.25) is 11.8 Å². The van der Waals surface area contributed by atoms with Crippen LogP contribution in [0.1, 0.15) is 13.3 Å². The third-order valence-electron chi connectivity index (χ3n) is 4.08. The number of nitrogens with zero attached hydrogens (tertiary/aromatic N) is 1. The van der Waals surface area contributed by atoms with Crippen molar-refractivity contribution in [1.82, 2.24) is 0 Å². The zero-order chi connectivity index (χ0) is 17.8. The van der Waals surface area contributed by atoms with E-state index in [1.807, 2.05) is 25.1 Å². The number of carbonyl (C=O) groups is 2. The Morgan fingerprint density at radius 1 is 1.24 bits per heavy atom. The maximum Gasteiger partial charge on any atom is 0.229 e. The average molecular weight is 359 g/mol. The lowest BCUT2D eigenvalue weighted by molar-refractivity contribution is -0.122. The van der Waals surface area contributed by atoms with E-state index in [2.05, 4.69) is 5.32 Å². The number of halogens is 1. The molecule has 0 radical (unpaired) electrons. The van der Waals surface area contributed by atoms with E-state index in [4.69, 9.17) is 16.3 Å². The molecule has 25 heavy (non-hydrogen) atoms. The Kier molecular flexibility index (Phi) is 5.24. The van der Waals surface area contributed by atoms with E-state index < -0.39 is 5.92 Å². The summed E-state index contributed by atoms with van der Waals surface area (Å²) >= 11 is 6.17. The van der Waals surface area contributed by atoms with Crippen molar-refractivity contribution >= 4 is 34.8 Å². The highest BCUT2D eigenvalue weighted by atomic mass is 35.5. The van der Waals surface area contributed by atoms with Gasteiger partial charge in [-0.15, -0.1) is 0 Å². The second-order valence-corrected chi connectivity index (χ2v) is 6.18. The van der Waals surface area contributed by atoms with Gasteiger partial charge in [0.1, 0.15) is 5.75 Å². The Morgan fingerprint density at radius 2 is 1.96 bits per heavy atom.